The van der Waals surface area contributed by atoms with Crippen molar-refractivity contribution in [3.05, 3.63) is 11.3 Å². The summed E-state index contributed by atoms with van der Waals surface area (Å²) in [6, 6.07) is 0. The molecule has 1 heterocycles. The Balaban J connectivity index is 3.00. The van der Waals surface area contributed by atoms with Gasteiger partial charge in [-0.1, -0.05) is 0 Å². The lowest BCUT2D eigenvalue weighted by molar-refractivity contribution is -0.130. The third-order valence-electron chi connectivity index (χ3n) is 1.86. The number of alkyl halides is 3. The Morgan fingerprint density at radius 1 is 1.54 bits per heavy atom. The highest BCUT2D eigenvalue weighted by molar-refractivity contribution is 5.96. The van der Waals surface area contributed by atoms with E-state index in [1.807, 2.05) is 0 Å². The smallest absolute Gasteiger partial charge is 0.449 e. The molecule has 1 saturated heterocycles. The van der Waals surface area contributed by atoms with Crippen LogP contribution >= 0.6 is 0 Å². The molecule has 6 heteroatoms. The highest BCUT2D eigenvalue weighted by Gasteiger charge is 2.40. The number of hydrogen-bond donors (Lipinski definition) is 1. The Bertz CT molecular complexity index is 269. The molecule has 0 aromatic carbocycles. The maximum absolute atomic E-state index is 11.9. The van der Waals surface area contributed by atoms with Crippen LogP contribution < -0.4 is 0 Å². The zero-order chi connectivity index (χ0) is 10.2. The zero-order valence-electron chi connectivity index (χ0n) is 6.85. The van der Waals surface area contributed by atoms with Gasteiger partial charge in [0.1, 0.15) is 0 Å². The van der Waals surface area contributed by atoms with Gasteiger partial charge in [-0.15, -0.1) is 0 Å². The minimum atomic E-state index is -4.82. The molecule has 0 radical (unpaired) electrons. The topological polar surface area (TPSA) is 40.5 Å². The zero-order valence-corrected chi connectivity index (χ0v) is 6.85. The number of amides is 1. The van der Waals surface area contributed by atoms with Crippen LogP contribution in [0.1, 0.15) is 6.42 Å². The molecule has 0 spiro atoms. The van der Waals surface area contributed by atoms with Crippen molar-refractivity contribution in [2.24, 2.45) is 0 Å². The molecule has 1 aliphatic heterocycles. The van der Waals surface area contributed by atoms with Crippen molar-refractivity contribution in [3.63, 3.8) is 0 Å². The summed E-state index contributed by atoms with van der Waals surface area (Å²) >= 11 is 0. The van der Waals surface area contributed by atoms with Crippen LogP contribution in [-0.2, 0) is 4.79 Å². The van der Waals surface area contributed by atoms with Crippen LogP contribution in [0.5, 0.6) is 0 Å². The first-order chi connectivity index (χ1) is 5.84. The second-order valence-electron chi connectivity index (χ2n) is 2.80. The van der Waals surface area contributed by atoms with Gasteiger partial charge >= 0.3 is 6.18 Å². The molecule has 1 rings (SSSR count). The lowest BCUT2D eigenvalue weighted by Gasteiger charge is -2.08. The number of likely N-dealkylation sites (tertiary alicyclic amines) is 1. The molecular formula is C7H8F3NO2. The van der Waals surface area contributed by atoms with Crippen molar-refractivity contribution in [1.82, 2.24) is 4.90 Å². The number of aliphatic hydroxyl groups excluding tert-OH is 1. The van der Waals surface area contributed by atoms with Crippen LogP contribution in [0.25, 0.3) is 0 Å². The van der Waals surface area contributed by atoms with Gasteiger partial charge in [-0.25, -0.2) is 0 Å². The van der Waals surface area contributed by atoms with Gasteiger partial charge in [0, 0.05) is 13.6 Å². The quantitative estimate of drug-likeness (QED) is 0.466. The standard InChI is InChI=1S/C7H8F3NO2/c1-11-3-2-4(6(11)13)5(12)7(8,9)10/h12H,2-3H2,1H3. The number of halogens is 3. The number of nitrogens with zero attached hydrogens (tertiary/aromatic N) is 1. The molecule has 0 bridgehead atoms. The third kappa shape index (κ3) is 1.76. The Hall–Kier alpha value is -1.20. The van der Waals surface area contributed by atoms with Gasteiger partial charge in [0.25, 0.3) is 5.91 Å². The number of aliphatic hydroxyl groups is 1. The molecule has 1 fully saturated rings. The summed E-state index contributed by atoms with van der Waals surface area (Å²) in [5.41, 5.74) is -0.546. The summed E-state index contributed by atoms with van der Waals surface area (Å²) in [5.74, 6) is -2.52. The molecule has 1 amide bonds. The Morgan fingerprint density at radius 3 is 2.38 bits per heavy atom. The van der Waals surface area contributed by atoms with Crippen molar-refractivity contribution in [3.8, 4) is 0 Å². The van der Waals surface area contributed by atoms with E-state index in [2.05, 4.69) is 0 Å². The monoisotopic (exact) mass is 195 g/mol. The predicted molar refractivity (Wildman–Crippen MR) is 38.0 cm³/mol. The van der Waals surface area contributed by atoms with Crippen LogP contribution in [0.4, 0.5) is 13.2 Å². The van der Waals surface area contributed by atoms with Crippen molar-refractivity contribution < 1.29 is 23.1 Å². The molecule has 0 aliphatic carbocycles. The SMILES string of the molecule is CN1CCC(=C(O)C(F)(F)F)C1=O. The van der Waals surface area contributed by atoms with E-state index in [4.69, 9.17) is 5.11 Å². The van der Waals surface area contributed by atoms with Gasteiger partial charge in [0.05, 0.1) is 5.57 Å². The summed E-state index contributed by atoms with van der Waals surface area (Å²) in [4.78, 5) is 12.1. The second kappa shape index (κ2) is 2.93. The van der Waals surface area contributed by atoms with Crippen molar-refractivity contribution in [1.29, 1.82) is 0 Å². The van der Waals surface area contributed by atoms with Crippen molar-refractivity contribution in [2.75, 3.05) is 13.6 Å². The summed E-state index contributed by atoms with van der Waals surface area (Å²) in [5, 5.41) is 8.68. The van der Waals surface area contributed by atoms with Crippen LogP contribution in [0.15, 0.2) is 11.3 Å². The molecular weight excluding hydrogens is 187 g/mol. The van der Waals surface area contributed by atoms with E-state index < -0.39 is 23.4 Å². The third-order valence-corrected chi connectivity index (χ3v) is 1.86. The number of likely N-dealkylation sites (N-methyl/N-ethyl adjacent to an activating group) is 1. The lowest BCUT2D eigenvalue weighted by Crippen LogP contribution is -2.22. The predicted octanol–water partition coefficient (Wildman–Crippen LogP) is 1.22. The van der Waals surface area contributed by atoms with Gasteiger partial charge < -0.3 is 10.0 Å². The van der Waals surface area contributed by atoms with Gasteiger partial charge in [-0.3, -0.25) is 4.79 Å². The summed E-state index contributed by atoms with van der Waals surface area (Å²) in [7, 11) is 1.39. The maximum atomic E-state index is 11.9. The summed E-state index contributed by atoms with van der Waals surface area (Å²) < 4.78 is 35.8. The van der Waals surface area contributed by atoms with E-state index >= 15 is 0 Å². The molecule has 74 valence electrons. The highest BCUT2D eigenvalue weighted by atomic mass is 19.4. The molecule has 1 N–H and O–H groups in total. The fourth-order valence-electron chi connectivity index (χ4n) is 1.11. The average molecular weight is 195 g/mol. The van der Waals surface area contributed by atoms with Gasteiger partial charge in [0.2, 0.25) is 5.76 Å². The van der Waals surface area contributed by atoms with Crippen LogP contribution in [0.2, 0.25) is 0 Å². The van der Waals surface area contributed by atoms with E-state index in [0.29, 0.717) is 0 Å². The van der Waals surface area contributed by atoms with Crippen LogP contribution in [-0.4, -0.2) is 35.7 Å². The van der Waals surface area contributed by atoms with E-state index in [-0.39, 0.29) is 13.0 Å². The van der Waals surface area contributed by atoms with Crippen molar-refractivity contribution in [2.45, 2.75) is 12.6 Å². The van der Waals surface area contributed by atoms with E-state index in [1.165, 1.54) is 7.05 Å². The Morgan fingerprint density at radius 2 is 2.08 bits per heavy atom. The normalized spacial score (nSPS) is 22.5. The molecule has 0 aromatic rings. The molecule has 3 nitrogen and oxygen atoms in total. The highest BCUT2D eigenvalue weighted by Crippen LogP contribution is 2.30. The summed E-state index contributed by atoms with van der Waals surface area (Å²) in [6.45, 7) is 0.217. The molecule has 0 atom stereocenters. The van der Waals surface area contributed by atoms with E-state index in [0.717, 1.165) is 4.90 Å². The number of carbonyl (C=O) groups excluding carboxylic acids is 1. The second-order valence-corrected chi connectivity index (χ2v) is 2.80. The fourth-order valence-corrected chi connectivity index (χ4v) is 1.11. The van der Waals surface area contributed by atoms with Gasteiger partial charge in [0.15, 0.2) is 0 Å². The fraction of sp³-hybridized carbons (Fsp3) is 0.571. The van der Waals surface area contributed by atoms with E-state index in [1.54, 1.807) is 0 Å². The number of rotatable bonds is 0. The molecule has 13 heavy (non-hydrogen) atoms. The average Bonchev–Trinajstić information content (AvgIpc) is 2.30. The minimum Gasteiger partial charge on any atom is -0.504 e. The number of hydrogen-bond acceptors (Lipinski definition) is 2. The Labute approximate surface area is 72.4 Å². The molecule has 0 unspecified atom stereocenters. The van der Waals surface area contributed by atoms with Gasteiger partial charge in [-0.2, -0.15) is 13.2 Å². The van der Waals surface area contributed by atoms with E-state index in [9.17, 15) is 18.0 Å². The number of carbonyl (C=O) groups is 1. The first-order valence-corrected chi connectivity index (χ1v) is 3.59. The first-order valence-electron chi connectivity index (χ1n) is 3.59. The largest absolute Gasteiger partial charge is 0.504 e. The lowest BCUT2D eigenvalue weighted by atomic mass is 10.2. The first kappa shape index (κ1) is 9.88. The Kier molecular flexibility index (Phi) is 2.23. The van der Waals surface area contributed by atoms with Gasteiger partial charge in [-0.05, 0) is 6.42 Å². The van der Waals surface area contributed by atoms with Crippen LogP contribution in [0.3, 0.4) is 0 Å². The van der Waals surface area contributed by atoms with Crippen molar-refractivity contribution >= 4 is 5.91 Å². The maximum Gasteiger partial charge on any atom is 0.449 e. The summed E-state index contributed by atoms with van der Waals surface area (Å²) in [6.07, 6.45) is -4.88. The molecule has 0 saturated carbocycles. The molecule has 0 aromatic heterocycles. The molecule has 1 aliphatic rings. The number of allylic oxidation sites excluding steroid dienone is 1. The minimum absolute atomic E-state index is 0.0549. The van der Waals surface area contributed by atoms with Crippen LogP contribution in [0, 0.1) is 0 Å².